The molecule has 0 atom stereocenters. The van der Waals surface area contributed by atoms with E-state index in [9.17, 15) is 0 Å². The molecule has 0 aromatic rings. The Bertz CT molecular complexity index is 150. The minimum atomic E-state index is 0.476. The summed E-state index contributed by atoms with van der Waals surface area (Å²) in [6.45, 7) is 6.92. The summed E-state index contributed by atoms with van der Waals surface area (Å²) in [5.74, 6) is 0.476. The quantitative estimate of drug-likeness (QED) is 0.333. The second-order valence-electron chi connectivity index (χ2n) is 1.84. The molecule has 0 fully saturated rings. The van der Waals surface area contributed by atoms with E-state index in [1.54, 1.807) is 5.01 Å². The first-order valence-corrected chi connectivity index (χ1v) is 2.84. The van der Waals surface area contributed by atoms with Gasteiger partial charge in [0.15, 0.2) is 0 Å². The Morgan fingerprint density at radius 3 is 2.60 bits per heavy atom. The molecule has 0 unspecified atom stereocenters. The van der Waals surface area contributed by atoms with Crippen LogP contribution in [0.15, 0.2) is 30.3 Å². The van der Waals surface area contributed by atoms with Gasteiger partial charge in [-0.1, -0.05) is 13.2 Å². The van der Waals surface area contributed by atoms with E-state index in [2.05, 4.69) is 18.3 Å². The number of rotatable bonds is 4. The largest absolute Gasteiger partial charge is 0.465 e. The average molecular weight is 140 g/mol. The highest BCUT2D eigenvalue weighted by molar-refractivity contribution is 5.74. The van der Waals surface area contributed by atoms with Crippen LogP contribution in [0.4, 0.5) is 0 Å². The summed E-state index contributed by atoms with van der Waals surface area (Å²) in [5.41, 5.74) is 0. The highest BCUT2D eigenvalue weighted by atomic mass is 16.5. The monoisotopic (exact) mass is 140 g/mol. The highest BCUT2D eigenvalue weighted by Gasteiger charge is 1.83. The first kappa shape index (κ1) is 8.75. The zero-order chi connectivity index (χ0) is 7.98. The van der Waals surface area contributed by atoms with Crippen LogP contribution in [0.25, 0.3) is 0 Å². The Kier molecular flexibility index (Phi) is 4.04. The van der Waals surface area contributed by atoms with Crippen LogP contribution in [0.2, 0.25) is 0 Å². The summed E-state index contributed by atoms with van der Waals surface area (Å²) in [5, 5.41) is 5.53. The van der Waals surface area contributed by atoms with E-state index < -0.39 is 0 Å². The van der Waals surface area contributed by atoms with Gasteiger partial charge in [-0.25, -0.2) is 0 Å². The van der Waals surface area contributed by atoms with Gasteiger partial charge in [-0.15, -0.1) is 0 Å². The van der Waals surface area contributed by atoms with Crippen molar-refractivity contribution in [2.45, 2.75) is 0 Å². The second-order valence-corrected chi connectivity index (χ2v) is 1.84. The van der Waals surface area contributed by atoms with Crippen LogP contribution in [-0.2, 0) is 4.74 Å². The molecule has 0 N–H and O–H groups in total. The molecule has 3 heteroatoms. The third kappa shape index (κ3) is 4.90. The molecule has 0 aliphatic rings. The van der Waals surface area contributed by atoms with Crippen molar-refractivity contribution in [3.05, 3.63) is 25.2 Å². The molecule has 0 aliphatic carbocycles. The zero-order valence-corrected chi connectivity index (χ0v) is 6.37. The van der Waals surface area contributed by atoms with Crippen molar-refractivity contribution in [3.63, 3.8) is 0 Å². The summed E-state index contributed by atoms with van der Waals surface area (Å²) in [4.78, 5) is 0. The molecule has 0 amide bonds. The van der Waals surface area contributed by atoms with Gasteiger partial charge in [-0.05, 0) is 0 Å². The number of hydrogen-bond donors (Lipinski definition) is 0. The molecule has 0 saturated heterocycles. The van der Waals surface area contributed by atoms with Crippen LogP contribution in [-0.4, -0.2) is 25.3 Å². The average Bonchev–Trinajstić information content (AvgIpc) is 1.85. The smallest absolute Gasteiger partial charge is 0.139 e. The van der Waals surface area contributed by atoms with Gasteiger partial charge in [0, 0.05) is 14.1 Å². The number of hydrogen-bond acceptors (Lipinski definition) is 3. The van der Waals surface area contributed by atoms with E-state index in [-0.39, 0.29) is 0 Å². The van der Waals surface area contributed by atoms with E-state index >= 15 is 0 Å². The fraction of sp³-hybridized carbons (Fsp3) is 0.286. The van der Waals surface area contributed by atoms with Crippen molar-refractivity contribution < 1.29 is 4.74 Å². The highest BCUT2D eigenvalue weighted by Crippen LogP contribution is 1.88. The standard InChI is InChI=1S/C7H12N2O/c1-5-10-7(2)6-8-9(3)4/h5-6H,1-2H2,3-4H3/b8-6+. The van der Waals surface area contributed by atoms with Crippen LogP contribution in [0, 0.1) is 0 Å². The van der Waals surface area contributed by atoms with Gasteiger partial charge in [0.25, 0.3) is 0 Å². The van der Waals surface area contributed by atoms with Crippen molar-refractivity contribution in [3.8, 4) is 0 Å². The van der Waals surface area contributed by atoms with Crippen molar-refractivity contribution >= 4 is 6.21 Å². The van der Waals surface area contributed by atoms with Gasteiger partial charge in [-0.2, -0.15) is 5.10 Å². The number of hydrazone groups is 1. The number of nitrogens with zero attached hydrogens (tertiary/aromatic N) is 2. The summed E-state index contributed by atoms with van der Waals surface area (Å²) in [7, 11) is 3.63. The number of allylic oxidation sites excluding steroid dienone is 1. The normalized spacial score (nSPS) is 9.40. The summed E-state index contributed by atoms with van der Waals surface area (Å²) >= 11 is 0. The van der Waals surface area contributed by atoms with Gasteiger partial charge in [0.2, 0.25) is 0 Å². The van der Waals surface area contributed by atoms with Gasteiger partial charge < -0.3 is 9.75 Å². The fourth-order valence-corrected chi connectivity index (χ4v) is 0.317. The molecule has 0 rings (SSSR count). The lowest BCUT2D eigenvalue weighted by atomic mass is 10.6. The lowest BCUT2D eigenvalue weighted by molar-refractivity contribution is 0.378. The maximum absolute atomic E-state index is 4.79. The Balaban J connectivity index is 3.66. The Labute approximate surface area is 61.3 Å². The van der Waals surface area contributed by atoms with E-state index in [0.29, 0.717) is 5.76 Å². The summed E-state index contributed by atoms with van der Waals surface area (Å²) in [6, 6.07) is 0. The molecule has 0 aromatic carbocycles. The molecule has 0 heterocycles. The molecular formula is C7H12N2O. The third-order valence-electron chi connectivity index (χ3n) is 0.667. The molecule has 10 heavy (non-hydrogen) atoms. The molecule has 0 radical (unpaired) electrons. The predicted octanol–water partition coefficient (Wildman–Crippen LogP) is 1.21. The third-order valence-corrected chi connectivity index (χ3v) is 0.667. The fourth-order valence-electron chi connectivity index (χ4n) is 0.317. The van der Waals surface area contributed by atoms with Crippen LogP contribution in [0.5, 0.6) is 0 Å². The van der Waals surface area contributed by atoms with Crippen LogP contribution >= 0.6 is 0 Å². The maximum atomic E-state index is 4.79. The second kappa shape index (κ2) is 4.61. The number of ether oxygens (including phenoxy) is 1. The molecule has 56 valence electrons. The van der Waals surface area contributed by atoms with E-state index in [1.165, 1.54) is 12.5 Å². The maximum Gasteiger partial charge on any atom is 0.139 e. The van der Waals surface area contributed by atoms with Crippen molar-refractivity contribution in [2.75, 3.05) is 14.1 Å². The molecule has 0 bridgehead atoms. The first-order chi connectivity index (χ1) is 4.66. The molecular weight excluding hydrogens is 128 g/mol. The minimum absolute atomic E-state index is 0.476. The SMILES string of the molecule is C=COC(=C)/C=N/N(C)C. The Hall–Kier alpha value is -1.25. The van der Waals surface area contributed by atoms with Gasteiger partial charge >= 0.3 is 0 Å². The lowest BCUT2D eigenvalue weighted by Gasteiger charge is -2.02. The van der Waals surface area contributed by atoms with Gasteiger partial charge in [-0.3, -0.25) is 0 Å². The van der Waals surface area contributed by atoms with E-state index in [1.807, 2.05) is 14.1 Å². The molecule has 0 aromatic heterocycles. The van der Waals surface area contributed by atoms with Gasteiger partial charge in [0.1, 0.15) is 5.76 Å². The summed E-state index contributed by atoms with van der Waals surface area (Å²) in [6.07, 6.45) is 2.83. The van der Waals surface area contributed by atoms with Crippen molar-refractivity contribution in [1.82, 2.24) is 5.01 Å². The van der Waals surface area contributed by atoms with Crippen LogP contribution < -0.4 is 0 Å². The Morgan fingerprint density at radius 1 is 1.60 bits per heavy atom. The molecule has 3 nitrogen and oxygen atoms in total. The topological polar surface area (TPSA) is 24.8 Å². The first-order valence-electron chi connectivity index (χ1n) is 2.84. The zero-order valence-electron chi connectivity index (χ0n) is 6.37. The molecule has 0 saturated carbocycles. The van der Waals surface area contributed by atoms with Crippen LogP contribution in [0.1, 0.15) is 0 Å². The molecule has 0 spiro atoms. The molecule has 0 aliphatic heterocycles. The van der Waals surface area contributed by atoms with E-state index in [4.69, 9.17) is 4.74 Å². The van der Waals surface area contributed by atoms with Gasteiger partial charge in [0.05, 0.1) is 12.5 Å². The van der Waals surface area contributed by atoms with Crippen molar-refractivity contribution in [2.24, 2.45) is 5.10 Å². The Morgan fingerprint density at radius 2 is 2.20 bits per heavy atom. The minimum Gasteiger partial charge on any atom is -0.465 e. The lowest BCUT2D eigenvalue weighted by Crippen LogP contribution is -2.02. The predicted molar refractivity (Wildman–Crippen MR) is 42.6 cm³/mol. The van der Waals surface area contributed by atoms with E-state index in [0.717, 1.165) is 0 Å². The summed E-state index contributed by atoms with van der Waals surface area (Å²) < 4.78 is 4.79. The van der Waals surface area contributed by atoms with Crippen molar-refractivity contribution in [1.29, 1.82) is 0 Å². The van der Waals surface area contributed by atoms with Crippen LogP contribution in [0.3, 0.4) is 0 Å².